The van der Waals surface area contributed by atoms with Crippen LogP contribution in [0.15, 0.2) is 58.5 Å². The van der Waals surface area contributed by atoms with Gasteiger partial charge in [-0.3, -0.25) is 4.99 Å². The molecular weight excluding hydrogens is 423 g/mol. The number of benzene rings is 2. The molecular formula is C25H29FN4OS. The van der Waals surface area contributed by atoms with Crippen molar-refractivity contribution in [2.24, 2.45) is 9.98 Å². The number of nitrogens with zero attached hydrogens (tertiary/aromatic N) is 3. The molecule has 0 aliphatic carbocycles. The summed E-state index contributed by atoms with van der Waals surface area (Å²) in [4.78, 5) is 24.5. The van der Waals surface area contributed by atoms with Crippen LogP contribution in [0, 0.1) is 5.82 Å². The topological polar surface area (TPSA) is 57.1 Å². The van der Waals surface area contributed by atoms with Crippen LogP contribution in [0.4, 0.5) is 14.9 Å². The molecule has 0 bridgehead atoms. The fraction of sp³-hybridized carbons (Fsp3) is 0.400. The van der Waals surface area contributed by atoms with E-state index in [4.69, 9.17) is 9.98 Å². The fourth-order valence-electron chi connectivity index (χ4n) is 4.01. The van der Waals surface area contributed by atoms with Crippen LogP contribution in [-0.2, 0) is 5.41 Å². The molecule has 2 heterocycles. The van der Waals surface area contributed by atoms with Crippen molar-refractivity contribution in [2.75, 3.05) is 24.7 Å². The second kappa shape index (κ2) is 8.70. The molecule has 1 N–H and O–H groups in total. The maximum absolute atomic E-state index is 13.1. The van der Waals surface area contributed by atoms with Crippen LogP contribution in [-0.4, -0.2) is 46.7 Å². The highest BCUT2D eigenvalue weighted by Gasteiger charge is 2.40. The normalized spacial score (nSPS) is 17.8. The van der Waals surface area contributed by atoms with E-state index in [0.717, 1.165) is 16.3 Å². The van der Waals surface area contributed by atoms with Gasteiger partial charge in [0.25, 0.3) is 0 Å². The van der Waals surface area contributed by atoms with Crippen LogP contribution in [0.5, 0.6) is 0 Å². The van der Waals surface area contributed by atoms with Crippen LogP contribution in [0.3, 0.4) is 0 Å². The van der Waals surface area contributed by atoms with E-state index in [2.05, 4.69) is 50.4 Å². The van der Waals surface area contributed by atoms with Crippen LogP contribution < -0.4 is 5.32 Å². The number of aliphatic imine (C=N–C) groups is 2. The van der Waals surface area contributed by atoms with Crippen LogP contribution in [0.25, 0.3) is 0 Å². The quantitative estimate of drug-likeness (QED) is 0.634. The molecule has 2 aliphatic rings. The summed E-state index contributed by atoms with van der Waals surface area (Å²) in [7, 11) is 0. The lowest BCUT2D eigenvalue weighted by Crippen LogP contribution is -2.46. The van der Waals surface area contributed by atoms with Gasteiger partial charge in [0.15, 0.2) is 5.66 Å². The Bertz CT molecular complexity index is 1050. The largest absolute Gasteiger partial charge is 0.324 e. The SMILES string of the molecule is CSC1=NC2(CCN(C(=O)Nc3ccc(F)cc3)CC2)N=C1c1ccc(C(C)(C)C)cc1. The van der Waals surface area contributed by atoms with Gasteiger partial charge in [-0.05, 0) is 41.5 Å². The third-order valence-corrected chi connectivity index (χ3v) is 6.67. The van der Waals surface area contributed by atoms with Gasteiger partial charge >= 0.3 is 6.03 Å². The van der Waals surface area contributed by atoms with Crippen LogP contribution in [0.2, 0.25) is 0 Å². The van der Waals surface area contributed by atoms with Gasteiger partial charge in [-0.1, -0.05) is 45.0 Å². The van der Waals surface area contributed by atoms with Crippen molar-refractivity contribution >= 4 is 34.2 Å². The molecule has 0 unspecified atom stereocenters. The van der Waals surface area contributed by atoms with E-state index in [9.17, 15) is 9.18 Å². The van der Waals surface area contributed by atoms with E-state index in [-0.39, 0.29) is 17.3 Å². The summed E-state index contributed by atoms with van der Waals surface area (Å²) in [6.07, 6.45) is 3.39. The molecule has 0 aromatic heterocycles. The second-order valence-corrected chi connectivity index (χ2v) is 10.1. The lowest BCUT2D eigenvalue weighted by Gasteiger charge is -2.35. The monoisotopic (exact) mass is 452 g/mol. The molecule has 32 heavy (non-hydrogen) atoms. The van der Waals surface area contributed by atoms with Crippen molar-refractivity contribution in [2.45, 2.75) is 44.7 Å². The first-order valence-corrected chi connectivity index (χ1v) is 12.1. The molecule has 0 saturated carbocycles. The first-order valence-electron chi connectivity index (χ1n) is 10.9. The first-order chi connectivity index (χ1) is 15.2. The van der Waals surface area contributed by atoms with E-state index in [1.807, 2.05) is 6.26 Å². The number of carbonyl (C=O) groups is 1. The Kier molecular flexibility index (Phi) is 6.12. The zero-order valence-corrected chi connectivity index (χ0v) is 19.8. The Morgan fingerprint density at radius 3 is 2.22 bits per heavy atom. The number of anilines is 1. The lowest BCUT2D eigenvalue weighted by molar-refractivity contribution is 0.175. The molecule has 5 nitrogen and oxygen atoms in total. The molecule has 0 atom stereocenters. The van der Waals surface area contributed by atoms with Crippen LogP contribution >= 0.6 is 11.8 Å². The van der Waals surface area contributed by atoms with Gasteiger partial charge in [-0.15, -0.1) is 11.8 Å². The molecule has 4 rings (SSSR count). The average Bonchev–Trinajstić information content (AvgIpc) is 3.13. The minimum Gasteiger partial charge on any atom is -0.324 e. The number of rotatable bonds is 2. The van der Waals surface area contributed by atoms with E-state index in [1.165, 1.54) is 17.7 Å². The molecule has 7 heteroatoms. The number of likely N-dealkylation sites (tertiary alicyclic amines) is 1. The number of hydrogen-bond acceptors (Lipinski definition) is 4. The molecule has 1 spiro atoms. The number of piperidine rings is 1. The molecule has 2 amide bonds. The second-order valence-electron chi connectivity index (χ2n) is 9.32. The van der Waals surface area contributed by atoms with Gasteiger partial charge in [0, 0.05) is 37.2 Å². The highest BCUT2D eigenvalue weighted by atomic mass is 32.2. The average molecular weight is 453 g/mol. The zero-order valence-electron chi connectivity index (χ0n) is 19.0. The smallest absolute Gasteiger partial charge is 0.321 e. The van der Waals surface area contributed by atoms with Gasteiger partial charge in [0.1, 0.15) is 10.9 Å². The van der Waals surface area contributed by atoms with E-state index >= 15 is 0 Å². The maximum Gasteiger partial charge on any atom is 0.321 e. The van der Waals surface area contributed by atoms with Crippen molar-refractivity contribution < 1.29 is 9.18 Å². The number of amides is 2. The van der Waals surface area contributed by atoms with Gasteiger partial charge in [0.2, 0.25) is 0 Å². The third kappa shape index (κ3) is 4.72. The van der Waals surface area contributed by atoms with Crippen molar-refractivity contribution in [1.29, 1.82) is 0 Å². The third-order valence-electron chi connectivity index (χ3n) is 6.00. The fourth-order valence-corrected chi connectivity index (χ4v) is 4.63. The minimum atomic E-state index is -0.497. The molecule has 1 saturated heterocycles. The van der Waals surface area contributed by atoms with Gasteiger partial charge < -0.3 is 10.2 Å². The van der Waals surface area contributed by atoms with Gasteiger partial charge in [0.05, 0.1) is 5.71 Å². The lowest BCUT2D eigenvalue weighted by atomic mass is 9.86. The number of hydrogen-bond donors (Lipinski definition) is 1. The Balaban J connectivity index is 1.46. The van der Waals surface area contributed by atoms with E-state index in [1.54, 1.807) is 28.8 Å². The summed E-state index contributed by atoms with van der Waals surface area (Å²) in [6.45, 7) is 7.76. The van der Waals surface area contributed by atoms with Crippen molar-refractivity contribution in [3.05, 3.63) is 65.5 Å². The summed E-state index contributed by atoms with van der Waals surface area (Å²) < 4.78 is 13.1. The van der Waals surface area contributed by atoms with Crippen molar-refractivity contribution in [3.8, 4) is 0 Å². The number of thioether (sulfide) groups is 1. The van der Waals surface area contributed by atoms with Crippen molar-refractivity contribution in [1.82, 2.24) is 4.90 Å². The van der Waals surface area contributed by atoms with Gasteiger partial charge in [-0.2, -0.15) is 0 Å². The standard InChI is InChI=1S/C25H29FN4OS/c1-24(2,3)18-7-5-17(6-8-18)21-22(32-4)29-25(28-21)13-15-30(16-14-25)23(31)27-20-11-9-19(26)10-12-20/h5-12H,13-16H2,1-4H3,(H,27,31). The van der Waals surface area contributed by atoms with Crippen molar-refractivity contribution in [3.63, 3.8) is 0 Å². The van der Waals surface area contributed by atoms with Gasteiger partial charge in [-0.25, -0.2) is 14.2 Å². The summed E-state index contributed by atoms with van der Waals surface area (Å²) in [6, 6.07) is 14.2. The van der Waals surface area contributed by atoms with Crippen LogP contribution in [0.1, 0.15) is 44.7 Å². The number of halogens is 1. The number of nitrogens with one attached hydrogen (secondary N) is 1. The summed E-state index contributed by atoms with van der Waals surface area (Å²) >= 11 is 1.62. The number of carbonyl (C=O) groups excluding carboxylic acids is 1. The molecule has 168 valence electrons. The summed E-state index contributed by atoms with van der Waals surface area (Å²) in [5.74, 6) is -0.326. The van der Waals surface area contributed by atoms with E-state index < -0.39 is 5.66 Å². The Morgan fingerprint density at radius 1 is 1.03 bits per heavy atom. The highest BCUT2D eigenvalue weighted by molar-refractivity contribution is 8.15. The molecule has 1 fully saturated rings. The molecule has 2 aliphatic heterocycles. The molecule has 2 aromatic carbocycles. The first kappa shape index (κ1) is 22.5. The Morgan fingerprint density at radius 2 is 1.66 bits per heavy atom. The minimum absolute atomic E-state index is 0.106. The molecule has 0 radical (unpaired) electrons. The summed E-state index contributed by atoms with van der Waals surface area (Å²) in [5, 5.41) is 3.79. The zero-order chi connectivity index (χ0) is 22.9. The highest BCUT2D eigenvalue weighted by Crippen LogP contribution is 2.35. The predicted molar refractivity (Wildman–Crippen MR) is 132 cm³/mol. The molecule has 2 aromatic rings. The Labute approximate surface area is 193 Å². The maximum atomic E-state index is 13.1. The van der Waals surface area contributed by atoms with E-state index in [0.29, 0.717) is 31.6 Å². The number of urea groups is 1. The predicted octanol–water partition coefficient (Wildman–Crippen LogP) is 5.71. The summed E-state index contributed by atoms with van der Waals surface area (Å²) in [5.41, 5.74) is 3.51. The Hall–Kier alpha value is -2.67.